The Kier molecular flexibility index (Phi) is 1.11. The average molecular weight is 146 g/mol. The maximum atomic E-state index is 8.93. The molecule has 1 N–H and O–H groups in total. The molecule has 2 unspecified atom stereocenters. The van der Waals surface area contributed by atoms with Crippen molar-refractivity contribution in [3.05, 3.63) is 24.0 Å². The van der Waals surface area contributed by atoms with E-state index < -0.39 is 0 Å². The van der Waals surface area contributed by atoms with Gasteiger partial charge in [-0.05, 0) is 24.0 Å². The maximum absolute atomic E-state index is 8.93. The predicted molar refractivity (Wildman–Crippen MR) is 41.9 cm³/mol. The first-order chi connectivity index (χ1) is 5.29. The Bertz CT molecular complexity index is 294. The highest BCUT2D eigenvalue weighted by molar-refractivity contribution is 5.39. The van der Waals surface area contributed by atoms with Crippen molar-refractivity contribution in [1.82, 2.24) is 4.98 Å². The van der Waals surface area contributed by atoms with Crippen LogP contribution in [0, 0.1) is 17.2 Å². The van der Waals surface area contributed by atoms with Gasteiger partial charge in [-0.3, -0.25) is 0 Å². The van der Waals surface area contributed by atoms with Gasteiger partial charge in [-0.1, -0.05) is 6.92 Å². The average Bonchev–Trinajstić information content (AvgIpc) is 2.55. The molecule has 0 saturated heterocycles. The normalized spacial score (nSPS) is 34.7. The third kappa shape index (κ3) is 0.711. The molecule has 0 radical (unpaired) electrons. The van der Waals surface area contributed by atoms with Crippen LogP contribution in [0.5, 0.6) is 0 Å². The Morgan fingerprint density at radius 1 is 1.82 bits per heavy atom. The molecule has 0 aliphatic heterocycles. The first-order valence-corrected chi connectivity index (χ1v) is 3.84. The topological polar surface area (TPSA) is 39.6 Å². The van der Waals surface area contributed by atoms with Crippen LogP contribution in [0.2, 0.25) is 0 Å². The van der Waals surface area contributed by atoms with Crippen LogP contribution in [0.4, 0.5) is 0 Å². The molecule has 11 heavy (non-hydrogen) atoms. The molecule has 1 fully saturated rings. The Morgan fingerprint density at radius 2 is 2.55 bits per heavy atom. The van der Waals surface area contributed by atoms with Crippen LogP contribution >= 0.6 is 0 Å². The van der Waals surface area contributed by atoms with Gasteiger partial charge in [0.1, 0.15) is 0 Å². The smallest absolute Gasteiger partial charge is 0.0866 e. The molecular formula is C9H10N2. The largest absolute Gasteiger partial charge is 0.367 e. The summed E-state index contributed by atoms with van der Waals surface area (Å²) in [5.74, 6) is 0.531. The summed E-state index contributed by atoms with van der Waals surface area (Å²) in [4.78, 5) is 2.98. The van der Waals surface area contributed by atoms with E-state index in [4.69, 9.17) is 5.26 Å². The highest BCUT2D eigenvalue weighted by Gasteiger charge is 2.53. The van der Waals surface area contributed by atoms with Gasteiger partial charge in [-0.15, -0.1) is 0 Å². The van der Waals surface area contributed by atoms with E-state index in [1.165, 1.54) is 0 Å². The van der Waals surface area contributed by atoms with Crippen molar-refractivity contribution in [1.29, 1.82) is 5.26 Å². The lowest BCUT2D eigenvalue weighted by Gasteiger charge is -2.01. The van der Waals surface area contributed by atoms with Gasteiger partial charge in [0.2, 0.25) is 0 Å². The minimum Gasteiger partial charge on any atom is -0.367 e. The summed E-state index contributed by atoms with van der Waals surface area (Å²) in [6, 6.07) is 4.38. The van der Waals surface area contributed by atoms with Crippen molar-refractivity contribution in [3.8, 4) is 6.07 Å². The van der Waals surface area contributed by atoms with Crippen molar-refractivity contribution in [3.63, 3.8) is 0 Å². The lowest BCUT2D eigenvalue weighted by Crippen LogP contribution is -2.03. The quantitative estimate of drug-likeness (QED) is 0.644. The highest BCUT2D eigenvalue weighted by Crippen LogP contribution is 2.53. The fraction of sp³-hybridized carbons (Fsp3) is 0.444. The van der Waals surface area contributed by atoms with E-state index in [1.807, 2.05) is 18.5 Å². The molecule has 2 rings (SSSR count). The third-order valence-corrected chi connectivity index (χ3v) is 2.62. The first kappa shape index (κ1) is 6.48. The highest BCUT2D eigenvalue weighted by atomic mass is 14.7. The monoisotopic (exact) mass is 146 g/mol. The number of nitrogens with one attached hydrogen (secondary N) is 1. The van der Waals surface area contributed by atoms with Crippen LogP contribution in [0.25, 0.3) is 0 Å². The van der Waals surface area contributed by atoms with Gasteiger partial charge in [-0.2, -0.15) is 5.26 Å². The predicted octanol–water partition coefficient (Wildman–Crippen LogP) is 1.82. The Hall–Kier alpha value is -1.23. The maximum Gasteiger partial charge on any atom is 0.0866 e. The van der Waals surface area contributed by atoms with Gasteiger partial charge in [0.15, 0.2) is 0 Å². The second-order valence-electron chi connectivity index (χ2n) is 3.29. The van der Waals surface area contributed by atoms with Gasteiger partial charge in [-0.25, -0.2) is 0 Å². The molecule has 0 amide bonds. The third-order valence-electron chi connectivity index (χ3n) is 2.62. The van der Waals surface area contributed by atoms with E-state index in [2.05, 4.69) is 18.0 Å². The second-order valence-corrected chi connectivity index (χ2v) is 3.29. The van der Waals surface area contributed by atoms with Crippen LogP contribution < -0.4 is 0 Å². The summed E-state index contributed by atoms with van der Waals surface area (Å²) in [6.07, 6.45) is 4.81. The Morgan fingerprint density at radius 3 is 2.91 bits per heavy atom. The molecule has 0 bridgehead atoms. The molecule has 0 aromatic carbocycles. The van der Waals surface area contributed by atoms with Crippen molar-refractivity contribution in [2.75, 3.05) is 0 Å². The van der Waals surface area contributed by atoms with Crippen molar-refractivity contribution < 1.29 is 0 Å². The number of hydrogen-bond donors (Lipinski definition) is 1. The van der Waals surface area contributed by atoms with Crippen molar-refractivity contribution in [2.45, 2.75) is 18.8 Å². The summed E-state index contributed by atoms with van der Waals surface area (Å²) >= 11 is 0. The van der Waals surface area contributed by atoms with E-state index in [-0.39, 0.29) is 5.41 Å². The van der Waals surface area contributed by atoms with Crippen LogP contribution in [0.3, 0.4) is 0 Å². The van der Waals surface area contributed by atoms with Gasteiger partial charge in [0, 0.05) is 12.4 Å². The molecule has 2 nitrogen and oxygen atoms in total. The lowest BCUT2D eigenvalue weighted by atomic mass is 9.99. The van der Waals surface area contributed by atoms with Crippen LogP contribution in [0.1, 0.15) is 18.9 Å². The summed E-state index contributed by atoms with van der Waals surface area (Å²) in [6.45, 7) is 2.12. The minimum atomic E-state index is -0.153. The summed E-state index contributed by atoms with van der Waals surface area (Å²) in [5.41, 5.74) is 0.993. The molecule has 1 saturated carbocycles. The number of nitrogens with zero attached hydrogens (tertiary/aromatic N) is 1. The molecule has 1 aromatic rings. The van der Waals surface area contributed by atoms with Crippen LogP contribution in [-0.2, 0) is 5.41 Å². The van der Waals surface area contributed by atoms with Crippen molar-refractivity contribution in [2.24, 2.45) is 5.92 Å². The molecule has 0 spiro atoms. The fourth-order valence-electron chi connectivity index (χ4n) is 1.65. The number of rotatable bonds is 1. The summed E-state index contributed by atoms with van der Waals surface area (Å²) in [5, 5.41) is 8.93. The zero-order valence-corrected chi connectivity index (χ0v) is 6.46. The number of aromatic amines is 1. The molecule has 1 aromatic heterocycles. The van der Waals surface area contributed by atoms with Crippen LogP contribution in [-0.4, -0.2) is 4.98 Å². The van der Waals surface area contributed by atoms with E-state index in [0.29, 0.717) is 5.92 Å². The van der Waals surface area contributed by atoms with E-state index >= 15 is 0 Å². The molecule has 1 aliphatic carbocycles. The number of hydrogen-bond acceptors (Lipinski definition) is 1. The Balaban J connectivity index is 2.38. The first-order valence-electron chi connectivity index (χ1n) is 3.84. The summed E-state index contributed by atoms with van der Waals surface area (Å²) < 4.78 is 0. The molecule has 1 heterocycles. The Labute approximate surface area is 65.9 Å². The second kappa shape index (κ2) is 1.88. The zero-order chi connectivity index (χ0) is 7.90. The fourth-order valence-corrected chi connectivity index (χ4v) is 1.65. The van der Waals surface area contributed by atoms with Crippen LogP contribution in [0.15, 0.2) is 18.5 Å². The number of nitriles is 1. The molecule has 2 heteroatoms. The molecule has 1 aliphatic rings. The van der Waals surface area contributed by atoms with Gasteiger partial charge in [0.05, 0.1) is 11.5 Å². The van der Waals surface area contributed by atoms with Gasteiger partial charge >= 0.3 is 0 Å². The standard InChI is InChI=1S/C9H10N2/c1-7-4-9(7,6-10)8-2-3-11-5-8/h2-3,5,7,11H,4H2,1H3. The molecule has 56 valence electrons. The lowest BCUT2D eigenvalue weighted by molar-refractivity contribution is 0.793. The zero-order valence-electron chi connectivity index (χ0n) is 6.46. The molecule has 2 atom stereocenters. The van der Waals surface area contributed by atoms with Gasteiger partial charge < -0.3 is 4.98 Å². The minimum absolute atomic E-state index is 0.153. The van der Waals surface area contributed by atoms with Crippen molar-refractivity contribution >= 4 is 0 Å². The number of H-pyrrole nitrogens is 1. The SMILES string of the molecule is CC1CC1(C#N)c1cc[nH]c1. The van der Waals surface area contributed by atoms with E-state index in [0.717, 1.165) is 12.0 Å². The number of aromatic nitrogens is 1. The van der Waals surface area contributed by atoms with Gasteiger partial charge in [0.25, 0.3) is 0 Å². The van der Waals surface area contributed by atoms with E-state index in [1.54, 1.807) is 0 Å². The molecular weight excluding hydrogens is 136 g/mol. The summed E-state index contributed by atoms with van der Waals surface area (Å²) in [7, 11) is 0. The van der Waals surface area contributed by atoms with E-state index in [9.17, 15) is 0 Å².